The van der Waals surface area contributed by atoms with Gasteiger partial charge in [0.15, 0.2) is 5.96 Å². The third kappa shape index (κ3) is 6.07. The number of nitrogens with one attached hydrogen (secondary N) is 3. The third-order valence-corrected chi connectivity index (χ3v) is 5.33. The van der Waals surface area contributed by atoms with Gasteiger partial charge in [0, 0.05) is 25.2 Å². The molecule has 29 heavy (non-hydrogen) atoms. The minimum Gasteiger partial charge on any atom is -0.444 e. The Labute approximate surface area is 172 Å². The molecule has 0 atom stereocenters. The van der Waals surface area contributed by atoms with E-state index in [9.17, 15) is 4.79 Å². The fraction of sp³-hybridized carbons (Fsp3) is 0.500. The maximum atomic E-state index is 12.5. The first kappa shape index (κ1) is 20.9. The second-order valence-electron chi connectivity index (χ2n) is 7.55. The van der Waals surface area contributed by atoms with E-state index in [-0.39, 0.29) is 11.8 Å². The molecule has 0 aliphatic heterocycles. The van der Waals surface area contributed by atoms with Crippen LogP contribution in [-0.2, 0) is 17.9 Å². The summed E-state index contributed by atoms with van der Waals surface area (Å²) >= 11 is 0. The van der Waals surface area contributed by atoms with Gasteiger partial charge in [0.25, 0.3) is 0 Å². The number of aryl methyl sites for hydroxylation is 2. The molecule has 0 unspecified atom stereocenters. The highest BCUT2D eigenvalue weighted by atomic mass is 16.4. The number of amides is 1. The van der Waals surface area contributed by atoms with Crippen LogP contribution < -0.4 is 16.0 Å². The van der Waals surface area contributed by atoms with Crippen LogP contribution >= 0.6 is 0 Å². The van der Waals surface area contributed by atoms with Gasteiger partial charge in [-0.15, -0.1) is 0 Å². The molecule has 2 aromatic rings. The average Bonchev–Trinajstić information content (AvgIpc) is 3.06. The summed E-state index contributed by atoms with van der Waals surface area (Å²) in [6.45, 7) is 4.89. The molecule has 0 bridgehead atoms. The molecule has 7 heteroatoms. The molecule has 1 amide bonds. The molecule has 7 nitrogen and oxygen atoms in total. The Bertz CT molecular complexity index is 833. The Morgan fingerprint density at radius 2 is 1.93 bits per heavy atom. The quantitative estimate of drug-likeness (QED) is 0.511. The van der Waals surface area contributed by atoms with E-state index in [4.69, 9.17) is 4.42 Å². The number of carbonyl (C=O) groups is 1. The molecule has 1 heterocycles. The zero-order chi connectivity index (χ0) is 20.6. The number of anilines is 1. The maximum absolute atomic E-state index is 12.5. The number of hydrogen-bond donors (Lipinski definition) is 3. The van der Waals surface area contributed by atoms with Crippen LogP contribution in [0.25, 0.3) is 0 Å². The number of carbonyl (C=O) groups excluding carboxylic acids is 1. The summed E-state index contributed by atoms with van der Waals surface area (Å²) in [5, 5.41) is 9.55. The van der Waals surface area contributed by atoms with Crippen LogP contribution in [0.3, 0.4) is 0 Å². The molecule has 0 radical (unpaired) electrons. The summed E-state index contributed by atoms with van der Waals surface area (Å²) in [6.07, 6.45) is 5.55. The van der Waals surface area contributed by atoms with Gasteiger partial charge in [-0.2, -0.15) is 0 Å². The number of aliphatic imine (C=N–C) groups is 1. The summed E-state index contributed by atoms with van der Waals surface area (Å²) in [7, 11) is 1.72. The first-order valence-corrected chi connectivity index (χ1v) is 10.3. The summed E-state index contributed by atoms with van der Waals surface area (Å²) < 4.78 is 5.58. The molecule has 156 valence electrons. The lowest BCUT2D eigenvalue weighted by Crippen LogP contribution is -2.36. The van der Waals surface area contributed by atoms with Crippen molar-refractivity contribution in [3.05, 3.63) is 47.2 Å². The summed E-state index contributed by atoms with van der Waals surface area (Å²) in [5.41, 5.74) is 2.81. The van der Waals surface area contributed by atoms with Crippen molar-refractivity contribution in [2.45, 2.75) is 59.0 Å². The van der Waals surface area contributed by atoms with E-state index in [1.807, 2.05) is 38.1 Å². The lowest BCUT2D eigenvalue weighted by atomic mass is 9.88. The molecule has 1 aliphatic rings. The van der Waals surface area contributed by atoms with Crippen molar-refractivity contribution >= 4 is 17.6 Å². The van der Waals surface area contributed by atoms with Crippen LogP contribution in [0.2, 0.25) is 0 Å². The molecular formula is C22H31N5O2. The van der Waals surface area contributed by atoms with E-state index in [1.54, 1.807) is 7.05 Å². The van der Waals surface area contributed by atoms with Crippen molar-refractivity contribution in [3.8, 4) is 0 Å². The number of benzene rings is 1. The van der Waals surface area contributed by atoms with Gasteiger partial charge in [0.2, 0.25) is 11.8 Å². The van der Waals surface area contributed by atoms with Crippen LogP contribution in [0.1, 0.15) is 55.0 Å². The maximum Gasteiger partial charge on any atom is 0.227 e. The van der Waals surface area contributed by atoms with Crippen LogP contribution in [0, 0.1) is 19.8 Å². The van der Waals surface area contributed by atoms with Crippen molar-refractivity contribution in [2.75, 3.05) is 12.4 Å². The second kappa shape index (κ2) is 10.1. The van der Waals surface area contributed by atoms with Crippen LogP contribution in [-0.4, -0.2) is 23.9 Å². The Balaban J connectivity index is 1.50. The van der Waals surface area contributed by atoms with E-state index < -0.39 is 0 Å². The molecule has 0 spiro atoms. The molecule has 1 aromatic carbocycles. The van der Waals surface area contributed by atoms with Gasteiger partial charge >= 0.3 is 0 Å². The first-order valence-electron chi connectivity index (χ1n) is 10.3. The zero-order valence-electron chi connectivity index (χ0n) is 17.5. The van der Waals surface area contributed by atoms with E-state index >= 15 is 0 Å². The first-order chi connectivity index (χ1) is 14.0. The van der Waals surface area contributed by atoms with E-state index in [0.717, 1.165) is 48.4 Å². The fourth-order valence-electron chi connectivity index (χ4n) is 3.55. The average molecular weight is 398 g/mol. The second-order valence-corrected chi connectivity index (χ2v) is 7.55. The molecule has 3 rings (SSSR count). The van der Waals surface area contributed by atoms with Gasteiger partial charge in [-0.05, 0) is 44.4 Å². The minimum atomic E-state index is 0.142. The highest BCUT2D eigenvalue weighted by Crippen LogP contribution is 2.25. The van der Waals surface area contributed by atoms with Gasteiger partial charge in [-0.1, -0.05) is 31.4 Å². The predicted molar refractivity (Wildman–Crippen MR) is 115 cm³/mol. The Kier molecular flexibility index (Phi) is 7.27. The molecule has 1 aromatic heterocycles. The molecule has 3 N–H and O–H groups in total. The molecule has 0 saturated heterocycles. The van der Waals surface area contributed by atoms with E-state index in [2.05, 4.69) is 25.9 Å². The third-order valence-electron chi connectivity index (χ3n) is 5.33. The minimum absolute atomic E-state index is 0.142. The topological polar surface area (TPSA) is 91.5 Å². The van der Waals surface area contributed by atoms with E-state index in [1.165, 1.54) is 6.42 Å². The standard InChI is InChI=1S/C22H31N5O2/c1-15-16(2)29-20(26-15)14-25-22(23-3)24-13-17-8-7-11-19(12-17)27-21(28)18-9-5-4-6-10-18/h7-8,11-12,18H,4-6,9-10,13-14H2,1-3H3,(H,27,28)(H2,23,24,25). The Morgan fingerprint density at radius 1 is 1.17 bits per heavy atom. The van der Waals surface area contributed by atoms with Crippen molar-refractivity contribution in [2.24, 2.45) is 10.9 Å². The number of hydrogen-bond acceptors (Lipinski definition) is 4. The molecule has 1 aliphatic carbocycles. The van der Waals surface area contributed by atoms with Crippen molar-refractivity contribution in [1.29, 1.82) is 0 Å². The van der Waals surface area contributed by atoms with Crippen molar-refractivity contribution in [1.82, 2.24) is 15.6 Å². The zero-order valence-corrected chi connectivity index (χ0v) is 17.5. The molecule has 1 fully saturated rings. The number of nitrogens with zero attached hydrogens (tertiary/aromatic N) is 2. The highest BCUT2D eigenvalue weighted by Gasteiger charge is 2.21. The van der Waals surface area contributed by atoms with Crippen LogP contribution in [0.5, 0.6) is 0 Å². The van der Waals surface area contributed by atoms with Gasteiger partial charge in [0.1, 0.15) is 5.76 Å². The normalized spacial score (nSPS) is 15.2. The lowest BCUT2D eigenvalue weighted by Gasteiger charge is -2.21. The largest absolute Gasteiger partial charge is 0.444 e. The van der Waals surface area contributed by atoms with E-state index in [0.29, 0.717) is 24.9 Å². The summed E-state index contributed by atoms with van der Waals surface area (Å²) in [4.78, 5) is 21.1. The van der Waals surface area contributed by atoms with Gasteiger partial charge < -0.3 is 20.4 Å². The number of aromatic nitrogens is 1. The lowest BCUT2D eigenvalue weighted by molar-refractivity contribution is -0.120. The Hall–Kier alpha value is -2.83. The van der Waals surface area contributed by atoms with Gasteiger partial charge in [-0.3, -0.25) is 9.79 Å². The smallest absolute Gasteiger partial charge is 0.227 e. The van der Waals surface area contributed by atoms with Gasteiger partial charge in [-0.25, -0.2) is 4.98 Å². The van der Waals surface area contributed by atoms with Gasteiger partial charge in [0.05, 0.1) is 12.2 Å². The SMILES string of the molecule is CN=C(NCc1cccc(NC(=O)C2CCCCC2)c1)NCc1nc(C)c(C)o1. The van der Waals surface area contributed by atoms with Crippen LogP contribution in [0.4, 0.5) is 5.69 Å². The van der Waals surface area contributed by atoms with Crippen molar-refractivity contribution < 1.29 is 9.21 Å². The molecule has 1 saturated carbocycles. The number of rotatable bonds is 6. The van der Waals surface area contributed by atoms with Crippen molar-refractivity contribution in [3.63, 3.8) is 0 Å². The predicted octanol–water partition coefficient (Wildman–Crippen LogP) is 3.68. The monoisotopic (exact) mass is 397 g/mol. The number of oxazole rings is 1. The Morgan fingerprint density at radius 3 is 2.62 bits per heavy atom. The molecular weight excluding hydrogens is 366 g/mol. The summed E-state index contributed by atoms with van der Waals surface area (Å²) in [6, 6.07) is 7.92. The van der Waals surface area contributed by atoms with Crippen LogP contribution in [0.15, 0.2) is 33.7 Å². The number of guanidine groups is 1. The highest BCUT2D eigenvalue weighted by molar-refractivity contribution is 5.92. The summed E-state index contributed by atoms with van der Waals surface area (Å²) in [5.74, 6) is 2.42. The fourth-order valence-corrected chi connectivity index (χ4v) is 3.55.